The highest BCUT2D eigenvalue weighted by Crippen LogP contribution is 2.49. The standard InChI is InChI=1S/C24H29ClN4O3/c1-15-27-21-17(25)13-16-14-18(23(31)26-10-6-12-29-11-5-7-19(29)30)32-22(16)20(21)24(28-15)8-3-2-4-9-24/h13-14,27-28H,1-12H2,(H,26,31). The summed E-state index contributed by atoms with van der Waals surface area (Å²) in [4.78, 5) is 26.4. The summed E-state index contributed by atoms with van der Waals surface area (Å²) in [6.45, 7) is 6.07. The molecule has 3 aliphatic rings. The van der Waals surface area contributed by atoms with E-state index < -0.39 is 0 Å². The van der Waals surface area contributed by atoms with Gasteiger partial charge in [0.15, 0.2) is 5.76 Å². The molecule has 1 saturated carbocycles. The van der Waals surface area contributed by atoms with Gasteiger partial charge in [0.2, 0.25) is 5.91 Å². The van der Waals surface area contributed by atoms with E-state index in [1.165, 1.54) is 6.42 Å². The van der Waals surface area contributed by atoms with Crippen molar-refractivity contribution >= 4 is 40.1 Å². The number of amides is 2. The van der Waals surface area contributed by atoms with Crippen molar-refractivity contribution in [3.8, 4) is 0 Å². The number of likely N-dealkylation sites (tertiary alicyclic amines) is 1. The van der Waals surface area contributed by atoms with Crippen LogP contribution in [0.1, 0.15) is 67.5 Å². The van der Waals surface area contributed by atoms with E-state index >= 15 is 0 Å². The normalized spacial score (nSPS) is 19.7. The van der Waals surface area contributed by atoms with Gasteiger partial charge in [-0.15, -0.1) is 0 Å². The third-order valence-electron chi connectivity index (χ3n) is 6.90. The van der Waals surface area contributed by atoms with Crippen LogP contribution in [0.15, 0.2) is 28.9 Å². The molecule has 8 heteroatoms. The lowest BCUT2D eigenvalue weighted by atomic mass is 9.74. The highest BCUT2D eigenvalue weighted by atomic mass is 35.5. The van der Waals surface area contributed by atoms with E-state index in [1.807, 2.05) is 11.0 Å². The number of benzene rings is 1. The molecule has 3 N–H and O–H groups in total. The fourth-order valence-corrected chi connectivity index (χ4v) is 5.66. The molecule has 1 spiro atoms. The molecule has 7 nitrogen and oxygen atoms in total. The fourth-order valence-electron chi connectivity index (χ4n) is 5.40. The van der Waals surface area contributed by atoms with Crippen molar-refractivity contribution in [1.82, 2.24) is 15.5 Å². The molecule has 0 radical (unpaired) electrons. The largest absolute Gasteiger partial charge is 0.450 e. The molecule has 1 aliphatic carbocycles. The van der Waals surface area contributed by atoms with Gasteiger partial charge in [0.25, 0.3) is 5.91 Å². The van der Waals surface area contributed by atoms with Crippen LogP contribution in [0.2, 0.25) is 5.02 Å². The quantitative estimate of drug-likeness (QED) is 0.578. The number of furan rings is 1. The molecule has 0 bridgehead atoms. The van der Waals surface area contributed by atoms with Crippen molar-refractivity contribution < 1.29 is 14.0 Å². The average Bonchev–Trinajstić information content (AvgIpc) is 3.37. The maximum atomic E-state index is 12.8. The summed E-state index contributed by atoms with van der Waals surface area (Å²) >= 11 is 6.65. The van der Waals surface area contributed by atoms with E-state index in [1.54, 1.807) is 6.07 Å². The number of anilines is 1. The minimum atomic E-state index is -0.285. The Hall–Kier alpha value is -2.67. The number of nitrogens with zero attached hydrogens (tertiary/aromatic N) is 1. The lowest BCUT2D eigenvalue weighted by Gasteiger charge is -2.44. The first-order valence-electron chi connectivity index (χ1n) is 11.5. The van der Waals surface area contributed by atoms with Crippen molar-refractivity contribution in [2.45, 2.75) is 56.9 Å². The Labute approximate surface area is 192 Å². The highest BCUT2D eigenvalue weighted by Gasteiger charge is 2.42. The Bertz CT molecular complexity index is 1090. The average molecular weight is 457 g/mol. The molecule has 0 atom stereocenters. The predicted octanol–water partition coefficient (Wildman–Crippen LogP) is 4.47. The van der Waals surface area contributed by atoms with E-state index in [2.05, 4.69) is 22.5 Å². The summed E-state index contributed by atoms with van der Waals surface area (Å²) in [6, 6.07) is 3.61. The molecule has 1 saturated heterocycles. The molecule has 2 fully saturated rings. The first-order chi connectivity index (χ1) is 15.5. The minimum absolute atomic E-state index is 0.205. The van der Waals surface area contributed by atoms with Crippen molar-refractivity contribution in [3.05, 3.63) is 40.9 Å². The zero-order valence-electron chi connectivity index (χ0n) is 18.2. The van der Waals surface area contributed by atoms with Gasteiger partial charge in [0, 0.05) is 37.0 Å². The smallest absolute Gasteiger partial charge is 0.287 e. The summed E-state index contributed by atoms with van der Waals surface area (Å²) in [6.07, 6.45) is 7.64. The number of carbonyl (C=O) groups is 2. The number of carbonyl (C=O) groups excluding carboxylic acids is 2. The Balaban J connectivity index is 1.38. The summed E-state index contributed by atoms with van der Waals surface area (Å²) < 4.78 is 6.15. The monoisotopic (exact) mass is 456 g/mol. The van der Waals surface area contributed by atoms with Gasteiger partial charge in [-0.25, -0.2) is 0 Å². The van der Waals surface area contributed by atoms with Gasteiger partial charge >= 0.3 is 0 Å². The number of nitrogens with one attached hydrogen (secondary N) is 3. The Kier molecular flexibility index (Phi) is 5.53. The van der Waals surface area contributed by atoms with Gasteiger partial charge in [-0.3, -0.25) is 9.59 Å². The van der Waals surface area contributed by atoms with Gasteiger partial charge in [-0.1, -0.05) is 37.4 Å². The first-order valence-corrected chi connectivity index (χ1v) is 11.9. The Morgan fingerprint density at radius 3 is 2.81 bits per heavy atom. The lowest BCUT2D eigenvalue weighted by molar-refractivity contribution is -0.127. The molecule has 2 amide bonds. The van der Waals surface area contributed by atoms with E-state index in [9.17, 15) is 9.59 Å². The lowest BCUT2D eigenvalue weighted by Crippen LogP contribution is -2.48. The fraction of sp³-hybridized carbons (Fsp3) is 0.500. The minimum Gasteiger partial charge on any atom is -0.450 e. The molecule has 32 heavy (non-hydrogen) atoms. The number of hydrogen-bond acceptors (Lipinski definition) is 5. The van der Waals surface area contributed by atoms with Crippen LogP contribution in [0.5, 0.6) is 0 Å². The van der Waals surface area contributed by atoms with Crippen LogP contribution >= 0.6 is 11.6 Å². The maximum absolute atomic E-state index is 12.8. The highest BCUT2D eigenvalue weighted by molar-refractivity contribution is 6.34. The summed E-state index contributed by atoms with van der Waals surface area (Å²) in [7, 11) is 0. The van der Waals surface area contributed by atoms with Gasteiger partial charge in [0.05, 0.1) is 22.1 Å². The van der Waals surface area contributed by atoms with Crippen LogP contribution in [0.3, 0.4) is 0 Å². The summed E-state index contributed by atoms with van der Waals surface area (Å²) in [5.41, 5.74) is 2.24. The van der Waals surface area contributed by atoms with Crippen LogP contribution in [0.25, 0.3) is 11.0 Å². The van der Waals surface area contributed by atoms with Gasteiger partial charge in [-0.2, -0.15) is 0 Å². The molecule has 0 unspecified atom stereocenters. The van der Waals surface area contributed by atoms with Crippen molar-refractivity contribution in [3.63, 3.8) is 0 Å². The summed E-state index contributed by atoms with van der Waals surface area (Å²) in [5, 5.41) is 11.2. The SMILES string of the molecule is C=C1Nc2c(Cl)cc3cc(C(=O)NCCCN4CCCC4=O)oc3c2C2(CCCCC2)N1. The third kappa shape index (κ3) is 3.72. The topological polar surface area (TPSA) is 86.6 Å². The molecular formula is C24H29ClN4O3. The van der Waals surface area contributed by atoms with Crippen LogP contribution in [-0.4, -0.2) is 36.3 Å². The van der Waals surface area contributed by atoms with E-state index in [4.69, 9.17) is 16.0 Å². The second-order valence-corrected chi connectivity index (χ2v) is 9.51. The molecule has 2 aromatic rings. The zero-order chi connectivity index (χ0) is 22.3. The Morgan fingerprint density at radius 1 is 1.25 bits per heavy atom. The number of hydrogen-bond donors (Lipinski definition) is 3. The van der Waals surface area contributed by atoms with Crippen LogP contribution in [-0.2, 0) is 10.3 Å². The van der Waals surface area contributed by atoms with E-state index in [0.29, 0.717) is 30.1 Å². The second kappa shape index (κ2) is 8.35. The van der Waals surface area contributed by atoms with Crippen molar-refractivity contribution in [1.29, 1.82) is 0 Å². The van der Waals surface area contributed by atoms with Crippen molar-refractivity contribution in [2.24, 2.45) is 0 Å². The van der Waals surface area contributed by atoms with E-state index in [0.717, 1.165) is 67.5 Å². The van der Waals surface area contributed by atoms with Crippen molar-refractivity contribution in [2.75, 3.05) is 25.0 Å². The molecule has 3 heterocycles. The molecule has 2 aliphatic heterocycles. The third-order valence-corrected chi connectivity index (χ3v) is 7.19. The van der Waals surface area contributed by atoms with Crippen LogP contribution in [0.4, 0.5) is 5.69 Å². The first kappa shape index (κ1) is 21.2. The predicted molar refractivity (Wildman–Crippen MR) is 125 cm³/mol. The van der Waals surface area contributed by atoms with Gasteiger partial charge in [-0.05, 0) is 37.8 Å². The van der Waals surface area contributed by atoms with E-state index in [-0.39, 0.29) is 23.1 Å². The Morgan fingerprint density at radius 2 is 2.06 bits per heavy atom. The molecule has 5 rings (SSSR count). The number of halogens is 1. The number of rotatable bonds is 5. The van der Waals surface area contributed by atoms with Gasteiger partial charge < -0.3 is 25.3 Å². The molecule has 170 valence electrons. The zero-order valence-corrected chi connectivity index (χ0v) is 18.9. The molecule has 1 aromatic heterocycles. The van der Waals surface area contributed by atoms with Crippen LogP contribution in [0, 0.1) is 0 Å². The molecule has 1 aromatic carbocycles. The summed E-state index contributed by atoms with van der Waals surface area (Å²) in [5.74, 6) is 0.966. The second-order valence-electron chi connectivity index (χ2n) is 9.10. The van der Waals surface area contributed by atoms with Gasteiger partial charge in [0.1, 0.15) is 5.58 Å². The molecular weight excluding hydrogens is 428 g/mol. The number of fused-ring (bicyclic) bond motifs is 4. The maximum Gasteiger partial charge on any atom is 0.287 e. The van der Waals surface area contributed by atoms with Crippen LogP contribution < -0.4 is 16.0 Å².